The number of β-amino-alcohol motifs (C(OH)–C–C–N with tert-alkyl or cyclic N) is 1. The molecule has 2 saturated heterocycles. The Morgan fingerprint density at radius 3 is 2.52 bits per heavy atom. The van der Waals surface area contributed by atoms with Crippen LogP contribution in [0.2, 0.25) is 0 Å². The molecule has 2 aliphatic rings. The lowest BCUT2D eigenvalue weighted by Gasteiger charge is -2.33. The van der Waals surface area contributed by atoms with Crippen LogP contribution in [-0.2, 0) is 4.79 Å². The second-order valence-corrected chi connectivity index (χ2v) is 7.63. The molecule has 3 rings (SSSR count). The first-order valence-corrected chi connectivity index (χ1v) is 9.77. The number of piperidine rings is 1. The Balaban J connectivity index is 1.33. The van der Waals surface area contributed by atoms with Crippen LogP contribution >= 0.6 is 0 Å². The van der Waals surface area contributed by atoms with E-state index < -0.39 is 12.1 Å². The molecule has 1 aromatic carbocycles. The summed E-state index contributed by atoms with van der Waals surface area (Å²) in [5, 5.41) is 16.0. The van der Waals surface area contributed by atoms with E-state index in [4.69, 9.17) is 0 Å². The van der Waals surface area contributed by atoms with Gasteiger partial charge in [0.2, 0.25) is 5.91 Å². The van der Waals surface area contributed by atoms with Crippen LogP contribution in [0.3, 0.4) is 0 Å². The maximum Gasteiger partial charge on any atom is 0.315 e. The van der Waals surface area contributed by atoms with Crippen LogP contribution in [0.1, 0.15) is 30.9 Å². The average molecular weight is 374 g/mol. The van der Waals surface area contributed by atoms with Gasteiger partial charge >= 0.3 is 6.03 Å². The highest BCUT2D eigenvalue weighted by Gasteiger charge is 2.30. The zero-order valence-corrected chi connectivity index (χ0v) is 15.9. The molecule has 3 amide bonds. The molecule has 2 fully saturated rings. The summed E-state index contributed by atoms with van der Waals surface area (Å²) in [6.45, 7) is 3.80. The van der Waals surface area contributed by atoms with Gasteiger partial charge in [0.1, 0.15) is 6.04 Å². The number of amides is 3. The lowest BCUT2D eigenvalue weighted by atomic mass is 9.96. The van der Waals surface area contributed by atoms with Gasteiger partial charge < -0.3 is 25.5 Å². The molecule has 2 aliphatic heterocycles. The van der Waals surface area contributed by atoms with E-state index in [1.165, 1.54) is 0 Å². The molecule has 2 heterocycles. The molecule has 2 unspecified atom stereocenters. The molecular formula is C20H30N4O3. The van der Waals surface area contributed by atoms with E-state index >= 15 is 0 Å². The van der Waals surface area contributed by atoms with E-state index in [-0.39, 0.29) is 11.9 Å². The number of hydrogen-bond acceptors (Lipinski definition) is 4. The van der Waals surface area contributed by atoms with Crippen LogP contribution in [0.25, 0.3) is 0 Å². The Bertz CT molecular complexity index is 631. The summed E-state index contributed by atoms with van der Waals surface area (Å²) in [5.41, 5.74) is 0.949. The van der Waals surface area contributed by atoms with Gasteiger partial charge in [0.25, 0.3) is 0 Å². The van der Waals surface area contributed by atoms with E-state index in [9.17, 15) is 14.7 Å². The third kappa shape index (κ3) is 5.43. The third-order valence-electron chi connectivity index (χ3n) is 5.61. The number of nitrogens with zero attached hydrogens (tertiary/aromatic N) is 2. The Morgan fingerprint density at radius 1 is 1.19 bits per heavy atom. The first-order valence-electron chi connectivity index (χ1n) is 9.77. The SMILES string of the molecule is CN1CCC(NC(=O)NCC2CCN(CC(O)c3ccccc3)CC2)C1=O. The van der Waals surface area contributed by atoms with Crippen molar-refractivity contribution in [2.45, 2.75) is 31.4 Å². The molecule has 0 radical (unpaired) electrons. The normalized spacial score (nSPS) is 22.7. The summed E-state index contributed by atoms with van der Waals surface area (Å²) in [6.07, 6.45) is 2.19. The average Bonchev–Trinajstić information content (AvgIpc) is 3.00. The van der Waals surface area contributed by atoms with Gasteiger partial charge in [-0.1, -0.05) is 30.3 Å². The molecule has 7 heteroatoms. The van der Waals surface area contributed by atoms with Gasteiger partial charge in [-0.2, -0.15) is 0 Å². The summed E-state index contributed by atoms with van der Waals surface area (Å²) in [6, 6.07) is 9.09. The number of benzene rings is 1. The fourth-order valence-electron chi connectivity index (χ4n) is 3.80. The maximum absolute atomic E-state index is 12.0. The van der Waals surface area contributed by atoms with Gasteiger partial charge in [0.15, 0.2) is 0 Å². The molecule has 0 aromatic heterocycles. The molecule has 27 heavy (non-hydrogen) atoms. The summed E-state index contributed by atoms with van der Waals surface area (Å²) in [5.74, 6) is 0.415. The summed E-state index contributed by atoms with van der Waals surface area (Å²) >= 11 is 0. The van der Waals surface area contributed by atoms with Crippen LogP contribution in [0.5, 0.6) is 0 Å². The molecule has 148 valence electrons. The van der Waals surface area contributed by atoms with Crippen molar-refractivity contribution in [1.82, 2.24) is 20.4 Å². The Labute approximate surface area is 160 Å². The number of hydrogen-bond donors (Lipinski definition) is 3. The van der Waals surface area contributed by atoms with Crippen molar-refractivity contribution in [3.63, 3.8) is 0 Å². The van der Waals surface area contributed by atoms with Crippen molar-refractivity contribution in [2.75, 3.05) is 39.8 Å². The van der Waals surface area contributed by atoms with Gasteiger partial charge in [0, 0.05) is 26.7 Å². The number of carbonyl (C=O) groups excluding carboxylic acids is 2. The number of rotatable bonds is 6. The Kier molecular flexibility index (Phi) is 6.68. The number of likely N-dealkylation sites (N-methyl/N-ethyl adjacent to an activating group) is 1. The van der Waals surface area contributed by atoms with Gasteiger partial charge in [-0.05, 0) is 43.8 Å². The van der Waals surface area contributed by atoms with Crippen LogP contribution < -0.4 is 10.6 Å². The predicted octanol–water partition coefficient (Wildman–Crippen LogP) is 0.962. The fourth-order valence-corrected chi connectivity index (χ4v) is 3.80. The molecule has 0 spiro atoms. The van der Waals surface area contributed by atoms with Crippen LogP contribution in [0.15, 0.2) is 30.3 Å². The summed E-state index contributed by atoms with van der Waals surface area (Å²) in [7, 11) is 1.75. The molecule has 7 nitrogen and oxygen atoms in total. The van der Waals surface area contributed by atoms with Gasteiger partial charge in [0.05, 0.1) is 6.10 Å². The number of urea groups is 1. The molecule has 0 bridgehead atoms. The molecular weight excluding hydrogens is 344 g/mol. The second kappa shape index (κ2) is 9.19. The van der Waals surface area contributed by atoms with E-state index in [0.29, 0.717) is 32.0 Å². The fraction of sp³-hybridized carbons (Fsp3) is 0.600. The first kappa shape index (κ1) is 19.6. The third-order valence-corrected chi connectivity index (χ3v) is 5.61. The van der Waals surface area contributed by atoms with Gasteiger partial charge in [-0.3, -0.25) is 4.79 Å². The van der Waals surface area contributed by atoms with Crippen LogP contribution in [-0.4, -0.2) is 72.7 Å². The standard InChI is InChI=1S/C20H30N4O3/c1-23-10-9-17(19(23)26)22-20(27)21-13-15-7-11-24(12-8-15)14-18(25)16-5-3-2-4-6-16/h2-6,15,17-18,25H,7-14H2,1H3,(H2,21,22,27). The lowest BCUT2D eigenvalue weighted by Crippen LogP contribution is -2.47. The maximum atomic E-state index is 12.0. The number of nitrogens with one attached hydrogen (secondary N) is 2. The molecule has 0 saturated carbocycles. The van der Waals surface area contributed by atoms with E-state index in [1.807, 2.05) is 30.3 Å². The predicted molar refractivity (Wildman–Crippen MR) is 103 cm³/mol. The lowest BCUT2D eigenvalue weighted by molar-refractivity contribution is -0.128. The van der Waals surface area contributed by atoms with Crippen LogP contribution in [0.4, 0.5) is 4.79 Å². The van der Waals surface area contributed by atoms with Crippen LogP contribution in [0, 0.1) is 5.92 Å². The van der Waals surface area contributed by atoms with Crippen molar-refractivity contribution < 1.29 is 14.7 Å². The van der Waals surface area contributed by atoms with Crippen molar-refractivity contribution in [2.24, 2.45) is 5.92 Å². The highest BCUT2D eigenvalue weighted by atomic mass is 16.3. The van der Waals surface area contributed by atoms with Crippen molar-refractivity contribution >= 4 is 11.9 Å². The molecule has 1 aromatic rings. The minimum absolute atomic E-state index is 0.0181. The number of aliphatic hydroxyl groups is 1. The van der Waals surface area contributed by atoms with Crippen molar-refractivity contribution in [1.29, 1.82) is 0 Å². The molecule has 2 atom stereocenters. The minimum Gasteiger partial charge on any atom is -0.387 e. The zero-order chi connectivity index (χ0) is 19.2. The Morgan fingerprint density at radius 2 is 1.89 bits per heavy atom. The first-order chi connectivity index (χ1) is 13.0. The molecule has 3 N–H and O–H groups in total. The van der Waals surface area contributed by atoms with Gasteiger partial charge in [-0.15, -0.1) is 0 Å². The highest BCUT2D eigenvalue weighted by molar-refractivity contribution is 5.88. The smallest absolute Gasteiger partial charge is 0.315 e. The van der Waals surface area contributed by atoms with E-state index in [1.54, 1.807) is 11.9 Å². The van der Waals surface area contributed by atoms with E-state index in [0.717, 1.165) is 31.5 Å². The summed E-state index contributed by atoms with van der Waals surface area (Å²) in [4.78, 5) is 27.8. The second-order valence-electron chi connectivity index (χ2n) is 7.63. The number of carbonyl (C=O) groups is 2. The van der Waals surface area contributed by atoms with Crippen molar-refractivity contribution in [3.8, 4) is 0 Å². The minimum atomic E-state index is -0.464. The zero-order valence-electron chi connectivity index (χ0n) is 15.9. The number of aliphatic hydroxyl groups excluding tert-OH is 1. The van der Waals surface area contributed by atoms with Crippen molar-refractivity contribution in [3.05, 3.63) is 35.9 Å². The highest BCUT2D eigenvalue weighted by Crippen LogP contribution is 2.20. The monoisotopic (exact) mass is 374 g/mol. The molecule has 0 aliphatic carbocycles. The number of likely N-dealkylation sites (tertiary alicyclic amines) is 2. The quantitative estimate of drug-likeness (QED) is 0.693. The van der Waals surface area contributed by atoms with E-state index in [2.05, 4.69) is 15.5 Å². The summed E-state index contributed by atoms with van der Waals surface area (Å²) < 4.78 is 0. The largest absolute Gasteiger partial charge is 0.387 e. The van der Waals surface area contributed by atoms with Gasteiger partial charge in [-0.25, -0.2) is 4.79 Å². The Hall–Kier alpha value is -2.12. The topological polar surface area (TPSA) is 84.9 Å².